The van der Waals surface area contributed by atoms with Gasteiger partial charge in [0.2, 0.25) is 0 Å². The van der Waals surface area contributed by atoms with Gasteiger partial charge in [-0.25, -0.2) is 14.2 Å². The van der Waals surface area contributed by atoms with Crippen molar-refractivity contribution in [3.8, 4) is 0 Å². The molecule has 0 radical (unpaired) electrons. The van der Waals surface area contributed by atoms with Gasteiger partial charge >= 0.3 is 11.8 Å². The summed E-state index contributed by atoms with van der Waals surface area (Å²) >= 11 is 0. The molecule has 6 nitrogen and oxygen atoms in total. The Morgan fingerprint density at radius 1 is 1.42 bits per heavy atom. The summed E-state index contributed by atoms with van der Waals surface area (Å²) in [5, 5.41) is 0.919. The SMILES string of the molecule is C=C1C2=C(C=C3c4nc5cc(F)c(C)c6c5c(c4CN13)[C@@H](N)CC6)[C@](F)(OCC)C(=O)OC2. The highest BCUT2D eigenvalue weighted by molar-refractivity contribution is 5.94. The third-order valence-corrected chi connectivity index (χ3v) is 7.25. The highest BCUT2D eigenvalue weighted by Crippen LogP contribution is 2.50. The van der Waals surface area contributed by atoms with Crippen LogP contribution in [0.15, 0.2) is 35.6 Å². The quantitative estimate of drug-likeness (QED) is 0.699. The Bertz CT molecular complexity index is 1360. The third kappa shape index (κ3) is 2.53. The molecule has 8 heteroatoms. The second-order valence-corrected chi connectivity index (χ2v) is 8.91. The zero-order valence-electron chi connectivity index (χ0n) is 18.4. The van der Waals surface area contributed by atoms with E-state index in [1.165, 1.54) is 6.07 Å². The van der Waals surface area contributed by atoms with Crippen molar-refractivity contribution in [1.29, 1.82) is 0 Å². The molecular formula is C25H23F2N3O3. The molecule has 0 spiro atoms. The topological polar surface area (TPSA) is 77.7 Å². The van der Waals surface area contributed by atoms with E-state index in [0.29, 0.717) is 53.1 Å². The van der Waals surface area contributed by atoms with Crippen molar-refractivity contribution < 1.29 is 23.0 Å². The van der Waals surface area contributed by atoms with Crippen molar-refractivity contribution in [2.75, 3.05) is 13.2 Å². The number of alkyl halides is 1. The molecule has 4 heterocycles. The van der Waals surface area contributed by atoms with Gasteiger partial charge in [-0.05, 0) is 49.5 Å². The van der Waals surface area contributed by atoms with E-state index in [2.05, 4.69) is 6.58 Å². The average Bonchev–Trinajstić information content (AvgIpc) is 3.15. The van der Waals surface area contributed by atoms with Crippen molar-refractivity contribution in [2.45, 2.75) is 45.1 Å². The number of hydrogen-bond donors (Lipinski definition) is 1. The third-order valence-electron chi connectivity index (χ3n) is 7.25. The van der Waals surface area contributed by atoms with Crippen LogP contribution in [0.25, 0.3) is 16.6 Å². The van der Waals surface area contributed by atoms with Crippen LogP contribution in [0.4, 0.5) is 8.78 Å². The molecule has 1 aliphatic carbocycles. The number of hydrogen-bond acceptors (Lipinski definition) is 6. The number of halogens is 2. The van der Waals surface area contributed by atoms with Gasteiger partial charge in [0.25, 0.3) is 0 Å². The van der Waals surface area contributed by atoms with Crippen LogP contribution in [0.2, 0.25) is 0 Å². The summed E-state index contributed by atoms with van der Waals surface area (Å²) in [5.74, 6) is -4.10. The van der Waals surface area contributed by atoms with Crippen LogP contribution in [0.5, 0.6) is 0 Å². The number of pyridine rings is 1. The van der Waals surface area contributed by atoms with Gasteiger partial charge in [0.15, 0.2) is 0 Å². The van der Waals surface area contributed by atoms with Gasteiger partial charge in [0.05, 0.1) is 23.5 Å². The van der Waals surface area contributed by atoms with Gasteiger partial charge in [0.1, 0.15) is 12.4 Å². The van der Waals surface area contributed by atoms with E-state index in [1.54, 1.807) is 19.9 Å². The lowest BCUT2D eigenvalue weighted by Gasteiger charge is -2.37. The number of carbonyl (C=O) groups is 1. The van der Waals surface area contributed by atoms with Crippen molar-refractivity contribution in [2.24, 2.45) is 5.73 Å². The van der Waals surface area contributed by atoms with E-state index in [9.17, 15) is 9.18 Å². The summed E-state index contributed by atoms with van der Waals surface area (Å²) in [4.78, 5) is 19.1. The van der Waals surface area contributed by atoms with Gasteiger partial charge < -0.3 is 20.1 Å². The molecule has 2 aromatic rings. The molecule has 0 amide bonds. The number of nitrogens with two attached hydrogens (primary N) is 1. The molecular weight excluding hydrogens is 428 g/mol. The first-order chi connectivity index (χ1) is 15.8. The highest BCUT2D eigenvalue weighted by Gasteiger charge is 2.52. The van der Waals surface area contributed by atoms with Gasteiger partial charge in [-0.1, -0.05) is 6.58 Å². The maximum atomic E-state index is 15.8. The van der Waals surface area contributed by atoms with Gasteiger partial charge in [0, 0.05) is 46.5 Å². The lowest BCUT2D eigenvalue weighted by molar-refractivity contribution is -0.191. The minimum absolute atomic E-state index is 0.0123. The number of benzene rings is 1. The lowest BCUT2D eigenvalue weighted by atomic mass is 9.82. The van der Waals surface area contributed by atoms with Crippen LogP contribution in [0.3, 0.4) is 0 Å². The predicted molar refractivity (Wildman–Crippen MR) is 118 cm³/mol. The van der Waals surface area contributed by atoms with Crippen LogP contribution in [-0.2, 0) is 27.2 Å². The molecule has 33 heavy (non-hydrogen) atoms. The first-order valence-corrected chi connectivity index (χ1v) is 11.1. The van der Waals surface area contributed by atoms with E-state index in [-0.39, 0.29) is 30.6 Å². The van der Waals surface area contributed by atoms with Gasteiger partial charge in [-0.15, -0.1) is 0 Å². The second kappa shape index (κ2) is 6.71. The molecule has 6 rings (SSSR count). The number of cyclic esters (lactones) is 1. The molecule has 4 aliphatic rings. The number of rotatable bonds is 2. The van der Waals surface area contributed by atoms with Gasteiger partial charge in [-0.2, -0.15) is 4.39 Å². The van der Waals surface area contributed by atoms with Gasteiger partial charge in [-0.3, -0.25) is 0 Å². The molecule has 170 valence electrons. The van der Waals surface area contributed by atoms with Crippen LogP contribution in [0.1, 0.15) is 47.3 Å². The van der Waals surface area contributed by atoms with E-state index >= 15 is 4.39 Å². The van der Waals surface area contributed by atoms with Crippen LogP contribution in [0, 0.1) is 12.7 Å². The summed E-state index contributed by atoms with van der Waals surface area (Å²) in [6.45, 7) is 7.93. The number of aromatic nitrogens is 1. The van der Waals surface area contributed by atoms with E-state index in [1.807, 2.05) is 4.90 Å². The summed E-state index contributed by atoms with van der Waals surface area (Å²) in [7, 11) is 0. The van der Waals surface area contributed by atoms with Crippen LogP contribution in [-0.4, -0.2) is 34.9 Å². The average molecular weight is 451 g/mol. The fourth-order valence-corrected chi connectivity index (χ4v) is 5.60. The first-order valence-electron chi connectivity index (χ1n) is 11.1. The number of aryl methyl sites for hydroxylation is 1. The Balaban J connectivity index is 1.62. The molecule has 0 fully saturated rings. The standard InChI is InChI=1S/C25H23F2N3O3/c1-4-33-25(27)16-7-20-23-14(9-30(20)12(3)15(16)10-32-24(25)31)21-18(28)6-5-13-11(2)17(26)8-19(29-23)22(13)21/h7-8,18H,3-6,9-10,28H2,1-2H3/t18-,25-/m0/s1. The molecule has 0 bridgehead atoms. The Morgan fingerprint density at radius 2 is 2.21 bits per heavy atom. The minimum atomic E-state index is -2.72. The highest BCUT2D eigenvalue weighted by atomic mass is 19.2. The van der Waals surface area contributed by atoms with E-state index in [4.69, 9.17) is 20.2 Å². The number of carbonyl (C=O) groups excluding carboxylic acids is 1. The molecule has 0 saturated carbocycles. The lowest BCUT2D eigenvalue weighted by Crippen LogP contribution is -2.46. The Labute approximate surface area is 189 Å². The Hall–Kier alpha value is -3.10. The maximum Gasteiger partial charge on any atom is 0.377 e. The summed E-state index contributed by atoms with van der Waals surface area (Å²) in [6.07, 6.45) is 3.00. The van der Waals surface area contributed by atoms with Crippen LogP contribution < -0.4 is 5.73 Å². The first kappa shape index (κ1) is 20.5. The molecule has 2 N–H and O–H groups in total. The largest absolute Gasteiger partial charge is 0.456 e. The maximum absolute atomic E-state index is 15.8. The normalized spacial score (nSPS) is 25.7. The minimum Gasteiger partial charge on any atom is -0.456 e. The zero-order chi connectivity index (χ0) is 23.2. The van der Waals surface area contributed by atoms with E-state index in [0.717, 1.165) is 22.1 Å². The molecule has 3 aliphatic heterocycles. The zero-order valence-corrected chi connectivity index (χ0v) is 18.4. The second-order valence-electron chi connectivity index (χ2n) is 8.91. The van der Waals surface area contributed by atoms with Crippen molar-refractivity contribution in [1.82, 2.24) is 9.88 Å². The van der Waals surface area contributed by atoms with Crippen LogP contribution >= 0.6 is 0 Å². The fraction of sp³-hybridized carbons (Fsp3) is 0.360. The number of fused-ring (bicyclic) bond motifs is 4. The molecule has 0 saturated heterocycles. The van der Waals surface area contributed by atoms with Crippen molar-refractivity contribution >= 4 is 22.6 Å². The summed E-state index contributed by atoms with van der Waals surface area (Å²) in [5.41, 5.74) is 12.9. The molecule has 2 atom stereocenters. The Morgan fingerprint density at radius 3 is 2.97 bits per heavy atom. The monoisotopic (exact) mass is 451 g/mol. The number of esters is 1. The summed E-state index contributed by atoms with van der Waals surface area (Å²) < 4.78 is 40.8. The molecule has 1 aromatic heterocycles. The fourth-order valence-electron chi connectivity index (χ4n) is 5.60. The smallest absolute Gasteiger partial charge is 0.377 e. The Kier molecular flexibility index (Phi) is 4.17. The molecule has 0 unspecified atom stereocenters. The molecule has 1 aromatic carbocycles. The summed E-state index contributed by atoms with van der Waals surface area (Å²) in [6, 6.07) is 1.23. The van der Waals surface area contributed by atoms with Crippen molar-refractivity contribution in [3.63, 3.8) is 0 Å². The number of nitrogens with zero attached hydrogens (tertiary/aromatic N) is 2. The predicted octanol–water partition coefficient (Wildman–Crippen LogP) is 3.87. The van der Waals surface area contributed by atoms with E-state index < -0.39 is 11.8 Å². The van der Waals surface area contributed by atoms with Crippen molar-refractivity contribution in [3.05, 3.63) is 69.3 Å². The number of ether oxygens (including phenoxy) is 2.